The van der Waals surface area contributed by atoms with Crippen LogP contribution in [0.5, 0.6) is 0 Å². The first-order valence-corrected chi connectivity index (χ1v) is 9.76. The van der Waals surface area contributed by atoms with Gasteiger partial charge in [0.2, 0.25) is 0 Å². The van der Waals surface area contributed by atoms with E-state index in [1.807, 2.05) is 26.0 Å². The molecule has 3 aromatic rings. The summed E-state index contributed by atoms with van der Waals surface area (Å²) in [4.78, 5) is 0. The van der Waals surface area contributed by atoms with E-state index in [0.29, 0.717) is 17.1 Å². The zero-order valence-electron chi connectivity index (χ0n) is 15.8. The minimum absolute atomic E-state index is 0.271. The summed E-state index contributed by atoms with van der Waals surface area (Å²) in [5.74, 6) is -0.273. The number of hydrogen-bond acceptors (Lipinski definition) is 2. The zero-order valence-corrected chi connectivity index (χ0v) is 16.6. The van der Waals surface area contributed by atoms with Crippen molar-refractivity contribution in [3.63, 3.8) is 0 Å². The van der Waals surface area contributed by atoms with E-state index in [1.165, 1.54) is 17.0 Å². The van der Waals surface area contributed by atoms with Gasteiger partial charge in [-0.3, -0.25) is 0 Å². The monoisotopic (exact) mass is 388 g/mol. The van der Waals surface area contributed by atoms with Gasteiger partial charge in [0.15, 0.2) is 0 Å². The average molecular weight is 389 g/mol. The molecule has 0 fully saturated rings. The second-order valence-corrected chi connectivity index (χ2v) is 7.36. The topological polar surface area (TPSA) is 26.2 Å². The Morgan fingerprint density at radius 2 is 1.96 bits per heavy atom. The van der Waals surface area contributed by atoms with Gasteiger partial charge in [-0.1, -0.05) is 35.9 Å². The molecule has 0 spiro atoms. The van der Waals surface area contributed by atoms with Crippen LogP contribution in [-0.4, -0.2) is 23.8 Å². The molecule has 3 nitrogen and oxygen atoms in total. The summed E-state index contributed by atoms with van der Waals surface area (Å²) in [6.45, 7) is 6.92. The summed E-state index contributed by atoms with van der Waals surface area (Å²) < 4.78 is 21.8. The lowest BCUT2D eigenvalue weighted by molar-refractivity contribution is 0.0770. The number of rotatable bonds is 9. The fourth-order valence-corrected chi connectivity index (χ4v) is 3.41. The molecule has 5 heteroatoms. The van der Waals surface area contributed by atoms with Crippen molar-refractivity contribution < 1.29 is 9.13 Å². The predicted molar refractivity (Wildman–Crippen MR) is 110 cm³/mol. The minimum atomic E-state index is -0.273. The highest BCUT2D eigenvalue weighted by Gasteiger charge is 2.12. The van der Waals surface area contributed by atoms with Gasteiger partial charge in [-0.05, 0) is 50.6 Å². The Kier molecular flexibility index (Phi) is 6.89. The normalized spacial score (nSPS) is 11.6. The summed E-state index contributed by atoms with van der Waals surface area (Å²) in [7, 11) is 0. The van der Waals surface area contributed by atoms with E-state index in [-0.39, 0.29) is 11.9 Å². The van der Waals surface area contributed by atoms with Gasteiger partial charge >= 0.3 is 0 Å². The number of hydrogen-bond donors (Lipinski definition) is 1. The SMILES string of the molecule is CC(C)OCCCNCc1cn(Cc2c(F)cccc2Cl)c2ccccc12. The number of ether oxygens (including phenoxy) is 1. The van der Waals surface area contributed by atoms with Gasteiger partial charge in [0.25, 0.3) is 0 Å². The van der Waals surface area contributed by atoms with Crippen LogP contribution in [0.2, 0.25) is 5.02 Å². The van der Waals surface area contributed by atoms with Gasteiger partial charge in [0.05, 0.1) is 12.6 Å². The first kappa shape index (κ1) is 19.9. The second-order valence-electron chi connectivity index (χ2n) is 6.95. The second kappa shape index (κ2) is 9.36. The van der Waals surface area contributed by atoms with E-state index in [4.69, 9.17) is 16.3 Å². The minimum Gasteiger partial charge on any atom is -0.379 e. The fraction of sp³-hybridized carbons (Fsp3) is 0.364. The molecular formula is C22H26ClFN2O. The zero-order chi connectivity index (χ0) is 19.2. The van der Waals surface area contributed by atoms with Crippen molar-refractivity contribution in [2.45, 2.75) is 39.5 Å². The molecule has 2 aromatic carbocycles. The molecule has 0 amide bonds. The van der Waals surface area contributed by atoms with Crippen LogP contribution in [0.25, 0.3) is 10.9 Å². The Morgan fingerprint density at radius 1 is 1.15 bits per heavy atom. The van der Waals surface area contributed by atoms with Crippen LogP contribution in [0, 0.1) is 5.82 Å². The summed E-state index contributed by atoms with van der Waals surface area (Å²) in [5.41, 5.74) is 2.80. The standard InChI is InChI=1S/C22H26ClFN2O/c1-16(2)27-12-6-11-25-13-17-14-26(22-10-4-3-7-18(17)22)15-19-20(23)8-5-9-21(19)24/h3-5,7-10,14,16,25H,6,11-13,15H2,1-2H3. The molecule has 1 aromatic heterocycles. The Balaban J connectivity index is 1.72. The maximum absolute atomic E-state index is 14.2. The third-order valence-electron chi connectivity index (χ3n) is 4.53. The van der Waals surface area contributed by atoms with Crippen molar-refractivity contribution in [1.82, 2.24) is 9.88 Å². The molecule has 3 rings (SSSR count). The molecule has 0 radical (unpaired) electrons. The quantitative estimate of drug-likeness (QED) is 0.497. The Hall–Kier alpha value is -1.88. The molecule has 0 aliphatic carbocycles. The van der Waals surface area contributed by atoms with Gasteiger partial charge in [-0.25, -0.2) is 4.39 Å². The molecule has 0 saturated heterocycles. The van der Waals surface area contributed by atoms with E-state index in [9.17, 15) is 4.39 Å². The van der Waals surface area contributed by atoms with E-state index in [1.54, 1.807) is 12.1 Å². The summed E-state index contributed by atoms with van der Waals surface area (Å²) in [5, 5.41) is 5.11. The number of halogens is 2. The Morgan fingerprint density at radius 3 is 2.74 bits per heavy atom. The van der Waals surface area contributed by atoms with Crippen LogP contribution >= 0.6 is 11.6 Å². The van der Waals surface area contributed by atoms with Crippen molar-refractivity contribution in [2.75, 3.05) is 13.2 Å². The van der Waals surface area contributed by atoms with Gasteiger partial charge in [0.1, 0.15) is 5.82 Å². The van der Waals surface area contributed by atoms with Crippen LogP contribution in [0.4, 0.5) is 4.39 Å². The van der Waals surface area contributed by atoms with Crippen molar-refractivity contribution >= 4 is 22.5 Å². The molecule has 1 heterocycles. The molecule has 0 saturated carbocycles. The van der Waals surface area contributed by atoms with Crippen molar-refractivity contribution in [3.05, 3.63) is 70.6 Å². The fourth-order valence-electron chi connectivity index (χ4n) is 3.19. The number of para-hydroxylation sites is 1. The van der Waals surface area contributed by atoms with E-state index in [2.05, 4.69) is 28.2 Å². The van der Waals surface area contributed by atoms with Crippen LogP contribution in [0.15, 0.2) is 48.7 Å². The molecular weight excluding hydrogens is 363 g/mol. The molecule has 0 aliphatic heterocycles. The lowest BCUT2D eigenvalue weighted by atomic mass is 10.2. The molecule has 0 unspecified atom stereocenters. The molecule has 0 bridgehead atoms. The lowest BCUT2D eigenvalue weighted by Crippen LogP contribution is -2.17. The van der Waals surface area contributed by atoms with Gasteiger partial charge < -0.3 is 14.6 Å². The summed E-state index contributed by atoms with van der Waals surface area (Å²) in [6.07, 6.45) is 3.33. The predicted octanol–water partition coefficient (Wildman–Crippen LogP) is 5.39. The van der Waals surface area contributed by atoms with Crippen LogP contribution < -0.4 is 5.32 Å². The molecule has 0 atom stereocenters. The number of nitrogens with one attached hydrogen (secondary N) is 1. The number of fused-ring (bicyclic) bond motifs is 1. The van der Waals surface area contributed by atoms with Crippen molar-refractivity contribution in [3.8, 4) is 0 Å². The largest absolute Gasteiger partial charge is 0.379 e. The van der Waals surface area contributed by atoms with Gasteiger partial charge in [0, 0.05) is 40.8 Å². The Bertz CT molecular complexity index is 871. The highest BCUT2D eigenvalue weighted by atomic mass is 35.5. The lowest BCUT2D eigenvalue weighted by Gasteiger charge is -2.08. The highest BCUT2D eigenvalue weighted by Crippen LogP contribution is 2.25. The van der Waals surface area contributed by atoms with Gasteiger partial charge in [-0.2, -0.15) is 0 Å². The van der Waals surface area contributed by atoms with Crippen LogP contribution in [0.1, 0.15) is 31.4 Å². The summed E-state index contributed by atoms with van der Waals surface area (Å²) >= 11 is 6.21. The molecule has 0 aliphatic rings. The third-order valence-corrected chi connectivity index (χ3v) is 4.88. The van der Waals surface area contributed by atoms with Crippen LogP contribution in [0.3, 0.4) is 0 Å². The number of nitrogens with zero attached hydrogens (tertiary/aromatic N) is 1. The highest BCUT2D eigenvalue weighted by molar-refractivity contribution is 6.31. The first-order chi connectivity index (χ1) is 13.1. The molecule has 1 N–H and O–H groups in total. The third kappa shape index (κ3) is 5.10. The Labute approximate surface area is 165 Å². The summed E-state index contributed by atoms with van der Waals surface area (Å²) in [6, 6.07) is 13.0. The average Bonchev–Trinajstić information content (AvgIpc) is 2.99. The number of benzene rings is 2. The maximum Gasteiger partial charge on any atom is 0.129 e. The van der Waals surface area contributed by atoms with E-state index >= 15 is 0 Å². The van der Waals surface area contributed by atoms with Crippen LogP contribution in [-0.2, 0) is 17.8 Å². The van der Waals surface area contributed by atoms with E-state index < -0.39 is 0 Å². The van der Waals surface area contributed by atoms with Crippen molar-refractivity contribution in [1.29, 1.82) is 0 Å². The first-order valence-electron chi connectivity index (χ1n) is 9.38. The van der Waals surface area contributed by atoms with Gasteiger partial charge in [-0.15, -0.1) is 0 Å². The molecule has 144 valence electrons. The van der Waals surface area contributed by atoms with Crippen molar-refractivity contribution in [2.24, 2.45) is 0 Å². The van der Waals surface area contributed by atoms with E-state index in [0.717, 1.165) is 31.6 Å². The smallest absolute Gasteiger partial charge is 0.129 e. The maximum atomic E-state index is 14.2. The molecule has 27 heavy (non-hydrogen) atoms. The number of aromatic nitrogens is 1.